The Balaban J connectivity index is 4.64. The maximum absolute atomic E-state index is 11.0. The van der Waals surface area contributed by atoms with Gasteiger partial charge in [-0.15, -0.1) is 0 Å². The van der Waals surface area contributed by atoms with Crippen LogP contribution in [0.5, 0.6) is 0 Å². The maximum Gasteiger partial charge on any atom is 0.305 e. The van der Waals surface area contributed by atoms with Crippen molar-refractivity contribution in [1.82, 2.24) is 0 Å². The van der Waals surface area contributed by atoms with E-state index in [1.54, 1.807) is 0 Å². The van der Waals surface area contributed by atoms with Crippen molar-refractivity contribution in [3.05, 3.63) is 0 Å². The van der Waals surface area contributed by atoms with Crippen molar-refractivity contribution in [2.75, 3.05) is 14.2 Å². The molecule has 0 atom stereocenters. The fourth-order valence-corrected chi connectivity index (χ4v) is 0.452. The first-order valence-corrected chi connectivity index (χ1v) is 3.34. The first kappa shape index (κ1) is 5.56. The molecule has 0 radical (unpaired) electrons. The van der Waals surface area contributed by atoms with Gasteiger partial charge in [0.05, 0.1) is 14.2 Å². The van der Waals surface area contributed by atoms with E-state index in [4.69, 9.17) is 5.48 Å². The topological polar surface area (TPSA) is 52.6 Å². The first-order valence-electron chi connectivity index (χ1n) is 5.34. The smallest absolute Gasteiger partial charge is 0.305 e. The molecule has 0 aliphatic rings. The zero-order chi connectivity index (χ0) is 13.0. The van der Waals surface area contributed by atoms with E-state index in [0.29, 0.717) is 0 Å². The molecular formula is C8H14O4. The van der Waals surface area contributed by atoms with Gasteiger partial charge in [0, 0.05) is 18.3 Å². The maximum atomic E-state index is 11.0. The average molecular weight is 178 g/mol. The van der Waals surface area contributed by atoms with Crippen molar-refractivity contribution < 1.29 is 24.5 Å². The van der Waals surface area contributed by atoms with Gasteiger partial charge in [0.1, 0.15) is 0 Å². The molecule has 0 spiro atoms. The zero-order valence-electron chi connectivity index (χ0n) is 11.0. The lowest BCUT2D eigenvalue weighted by Gasteiger charge is -1.98. The van der Waals surface area contributed by atoms with E-state index >= 15 is 0 Å². The predicted octanol–water partition coefficient (Wildman–Crippen LogP) is 0.893. The van der Waals surface area contributed by atoms with Crippen LogP contribution in [0.4, 0.5) is 0 Å². The quantitative estimate of drug-likeness (QED) is 0.587. The molecule has 0 aliphatic carbocycles. The zero-order valence-corrected chi connectivity index (χ0v) is 7.05. The number of carbonyl (C=O) groups is 2. The summed E-state index contributed by atoms with van der Waals surface area (Å²) in [7, 11) is 2.11. The molecular weight excluding hydrogens is 160 g/mol. The minimum atomic E-state index is -2.80. The summed E-state index contributed by atoms with van der Waals surface area (Å²) in [5, 5.41) is 0. The van der Waals surface area contributed by atoms with Crippen LogP contribution >= 0.6 is 0 Å². The highest BCUT2D eigenvalue weighted by molar-refractivity contribution is 5.70. The molecule has 0 unspecified atom stereocenters. The number of rotatable bonds is 5. The van der Waals surface area contributed by atoms with E-state index in [1.807, 2.05) is 0 Å². The summed E-state index contributed by atoms with van der Waals surface area (Å²) in [6.07, 6.45) is -6.05. The lowest BCUT2D eigenvalue weighted by molar-refractivity contribution is -0.142. The highest BCUT2D eigenvalue weighted by Gasteiger charge is 2.02. The molecule has 12 heavy (non-hydrogen) atoms. The molecule has 0 bridgehead atoms. The van der Waals surface area contributed by atoms with Gasteiger partial charge in [0.2, 0.25) is 0 Å². The summed E-state index contributed by atoms with van der Waals surface area (Å²) in [5.74, 6) is -1.97. The van der Waals surface area contributed by atoms with Crippen LogP contribution in [0, 0.1) is 0 Å². The van der Waals surface area contributed by atoms with E-state index in [2.05, 4.69) is 9.47 Å². The van der Waals surface area contributed by atoms with E-state index in [9.17, 15) is 9.59 Å². The number of hydrogen-bond donors (Lipinski definition) is 0. The summed E-state index contributed by atoms with van der Waals surface area (Å²) in [4.78, 5) is 21.8. The lowest BCUT2D eigenvalue weighted by atomic mass is 10.2. The molecule has 0 aromatic rings. The SMILES string of the molecule is [2H]C([2H])(CCC(=O)OC)C([2H])([2H])C(=O)OC. The minimum Gasteiger partial charge on any atom is -0.469 e. The normalized spacial score (nSPS) is 16.5. The highest BCUT2D eigenvalue weighted by atomic mass is 16.5. The van der Waals surface area contributed by atoms with Crippen molar-refractivity contribution in [3.8, 4) is 0 Å². The van der Waals surface area contributed by atoms with E-state index in [1.165, 1.54) is 0 Å². The van der Waals surface area contributed by atoms with Gasteiger partial charge in [0.15, 0.2) is 0 Å². The summed E-state index contributed by atoms with van der Waals surface area (Å²) >= 11 is 0. The van der Waals surface area contributed by atoms with Crippen molar-refractivity contribution >= 4 is 11.9 Å². The standard InChI is InChI=1S/C8H14O4/c1-11-7(9)5-3-4-6-8(10)12-2/h3-6H2,1-2H3/i3D2,5D2. The molecule has 4 heteroatoms. The second kappa shape index (κ2) is 6.64. The van der Waals surface area contributed by atoms with Crippen LogP contribution in [0.15, 0.2) is 0 Å². The molecule has 70 valence electrons. The first-order chi connectivity index (χ1) is 7.19. The van der Waals surface area contributed by atoms with Gasteiger partial charge in [-0.25, -0.2) is 0 Å². The van der Waals surface area contributed by atoms with Crippen molar-refractivity contribution in [2.45, 2.75) is 25.6 Å². The Bertz CT molecular complexity index is 277. The van der Waals surface area contributed by atoms with Gasteiger partial charge < -0.3 is 9.47 Å². The minimum absolute atomic E-state index is 0.306. The average Bonchev–Trinajstić information content (AvgIpc) is 2.24. The van der Waals surface area contributed by atoms with Gasteiger partial charge >= 0.3 is 11.9 Å². The second-order valence-corrected chi connectivity index (χ2v) is 1.87. The van der Waals surface area contributed by atoms with Crippen LogP contribution in [-0.2, 0) is 19.1 Å². The molecule has 0 aromatic carbocycles. The second-order valence-electron chi connectivity index (χ2n) is 1.87. The number of methoxy groups -OCH3 is 2. The van der Waals surface area contributed by atoms with Crippen molar-refractivity contribution in [2.24, 2.45) is 0 Å². The number of carbonyl (C=O) groups excluding carboxylic acids is 2. The number of hydrogen-bond acceptors (Lipinski definition) is 4. The highest BCUT2D eigenvalue weighted by Crippen LogP contribution is 2.01. The number of ether oxygens (including phenoxy) is 2. The summed E-state index contributed by atoms with van der Waals surface area (Å²) < 4.78 is 37.9. The Labute approximate surface area is 77.5 Å². The van der Waals surface area contributed by atoms with Gasteiger partial charge in [-0.2, -0.15) is 0 Å². The fraction of sp³-hybridized carbons (Fsp3) is 0.750. The van der Waals surface area contributed by atoms with E-state index in [-0.39, 0.29) is 6.42 Å². The third-order valence-electron chi connectivity index (χ3n) is 1.06. The third kappa shape index (κ3) is 5.70. The van der Waals surface area contributed by atoms with Crippen LogP contribution in [-0.4, -0.2) is 26.2 Å². The molecule has 0 aliphatic heterocycles. The molecule has 0 fully saturated rings. The van der Waals surface area contributed by atoms with Crippen LogP contribution in [0.2, 0.25) is 0 Å². The van der Waals surface area contributed by atoms with Gasteiger partial charge in [-0.3, -0.25) is 9.59 Å². The molecule has 0 saturated heterocycles. The Morgan fingerprint density at radius 1 is 1.25 bits per heavy atom. The molecule has 0 amide bonds. The van der Waals surface area contributed by atoms with Crippen molar-refractivity contribution in [1.29, 1.82) is 0 Å². The van der Waals surface area contributed by atoms with Gasteiger partial charge in [-0.05, 0) is 12.8 Å². The van der Waals surface area contributed by atoms with Gasteiger partial charge in [-0.1, -0.05) is 0 Å². The third-order valence-corrected chi connectivity index (χ3v) is 1.06. The molecule has 0 heterocycles. The van der Waals surface area contributed by atoms with Crippen LogP contribution in [0.3, 0.4) is 0 Å². The molecule has 0 rings (SSSR count). The van der Waals surface area contributed by atoms with E-state index < -0.39 is 31.1 Å². The fourth-order valence-electron chi connectivity index (χ4n) is 0.452. The van der Waals surface area contributed by atoms with Gasteiger partial charge in [0.25, 0.3) is 0 Å². The summed E-state index contributed by atoms with van der Waals surface area (Å²) in [6.45, 7) is 0. The summed E-state index contributed by atoms with van der Waals surface area (Å²) in [6, 6.07) is 0. The lowest BCUT2D eigenvalue weighted by Crippen LogP contribution is -2.02. The predicted molar refractivity (Wildman–Crippen MR) is 42.5 cm³/mol. The largest absolute Gasteiger partial charge is 0.469 e. The Morgan fingerprint density at radius 3 is 2.33 bits per heavy atom. The van der Waals surface area contributed by atoms with Crippen LogP contribution in [0.1, 0.15) is 31.1 Å². The molecule has 0 aromatic heterocycles. The monoisotopic (exact) mass is 178 g/mol. The van der Waals surface area contributed by atoms with Crippen LogP contribution in [0.25, 0.3) is 0 Å². The number of esters is 2. The van der Waals surface area contributed by atoms with E-state index in [0.717, 1.165) is 14.2 Å². The Hall–Kier alpha value is -1.06. The van der Waals surface area contributed by atoms with Crippen molar-refractivity contribution in [3.63, 3.8) is 0 Å². The molecule has 0 N–H and O–H groups in total. The Morgan fingerprint density at radius 2 is 1.83 bits per heavy atom. The molecule has 0 saturated carbocycles. The summed E-state index contributed by atoms with van der Waals surface area (Å²) in [5.41, 5.74) is 0. The Kier molecular flexibility index (Phi) is 3.08. The molecule has 4 nitrogen and oxygen atoms in total. The van der Waals surface area contributed by atoms with Crippen LogP contribution < -0.4 is 0 Å².